The minimum atomic E-state index is -0.175. The van der Waals surface area contributed by atoms with E-state index in [9.17, 15) is 4.79 Å². The van der Waals surface area contributed by atoms with Gasteiger partial charge in [0.2, 0.25) is 11.7 Å². The molecule has 0 atom stereocenters. The molecule has 0 spiro atoms. The normalized spacial score (nSPS) is 11.3. The smallest absolute Gasteiger partial charge is 0.277 e. The zero-order valence-corrected chi connectivity index (χ0v) is 17.6. The average Bonchev–Trinajstić information content (AvgIpc) is 3.38. The second-order valence-corrected chi connectivity index (χ2v) is 7.89. The Morgan fingerprint density at radius 2 is 1.87 bits per heavy atom. The highest BCUT2D eigenvalue weighted by Gasteiger charge is 2.13. The van der Waals surface area contributed by atoms with Gasteiger partial charge in [-0.2, -0.15) is 10.1 Å². The van der Waals surface area contributed by atoms with E-state index in [-0.39, 0.29) is 12.1 Å². The fourth-order valence-corrected chi connectivity index (χ4v) is 3.63. The molecule has 0 aliphatic rings. The topological polar surface area (TPSA) is 78.2 Å². The van der Waals surface area contributed by atoms with E-state index in [0.717, 1.165) is 21.3 Å². The first kappa shape index (κ1) is 18.5. The first-order valence-electron chi connectivity index (χ1n) is 9.31. The third kappa shape index (κ3) is 3.46. The standard InChI is InChI=1S/C22H16BrN5O2/c1-14-5-7-15(8-6-14)18-12-19-22(29)27(9-10-28(19)25-18)13-20-24-21(26-30-20)16-3-2-4-17(23)11-16/h2-12H,13H2,1H3. The van der Waals surface area contributed by atoms with Crippen molar-refractivity contribution in [3.8, 4) is 22.6 Å². The summed E-state index contributed by atoms with van der Waals surface area (Å²) in [4.78, 5) is 17.4. The molecule has 0 bridgehead atoms. The van der Waals surface area contributed by atoms with Gasteiger partial charge in [-0.25, -0.2) is 4.52 Å². The lowest BCUT2D eigenvalue weighted by atomic mass is 10.1. The van der Waals surface area contributed by atoms with Gasteiger partial charge in [-0.1, -0.05) is 63.0 Å². The van der Waals surface area contributed by atoms with Crippen LogP contribution in [-0.2, 0) is 6.54 Å². The highest BCUT2D eigenvalue weighted by Crippen LogP contribution is 2.21. The molecule has 5 rings (SSSR count). The van der Waals surface area contributed by atoms with E-state index < -0.39 is 0 Å². The molecule has 0 saturated carbocycles. The predicted molar refractivity (Wildman–Crippen MR) is 116 cm³/mol. The molecule has 8 heteroatoms. The number of halogens is 1. The Hall–Kier alpha value is -3.52. The molecule has 0 amide bonds. The van der Waals surface area contributed by atoms with Gasteiger partial charge in [-0.15, -0.1) is 0 Å². The second kappa shape index (κ2) is 7.38. The SMILES string of the molecule is Cc1ccc(-c2cc3c(=O)n(Cc4nc(-c5cccc(Br)c5)no4)ccn3n2)cc1. The van der Waals surface area contributed by atoms with Crippen molar-refractivity contribution >= 4 is 21.4 Å². The maximum absolute atomic E-state index is 13.0. The van der Waals surface area contributed by atoms with Crippen molar-refractivity contribution in [1.29, 1.82) is 0 Å². The van der Waals surface area contributed by atoms with E-state index in [4.69, 9.17) is 4.52 Å². The van der Waals surface area contributed by atoms with Crippen LogP contribution in [0.2, 0.25) is 0 Å². The number of aryl methyl sites for hydroxylation is 1. The fraction of sp³-hybridized carbons (Fsp3) is 0.0909. The van der Waals surface area contributed by atoms with Crippen LogP contribution >= 0.6 is 15.9 Å². The van der Waals surface area contributed by atoms with Gasteiger partial charge in [0.15, 0.2) is 0 Å². The van der Waals surface area contributed by atoms with Crippen molar-refractivity contribution in [2.45, 2.75) is 13.5 Å². The number of rotatable bonds is 4. The van der Waals surface area contributed by atoms with Crippen LogP contribution in [0.25, 0.3) is 28.2 Å². The van der Waals surface area contributed by atoms with Gasteiger partial charge >= 0.3 is 0 Å². The molecule has 3 heterocycles. The second-order valence-electron chi connectivity index (χ2n) is 6.98. The Kier molecular flexibility index (Phi) is 4.55. The summed E-state index contributed by atoms with van der Waals surface area (Å²) >= 11 is 3.43. The van der Waals surface area contributed by atoms with Crippen LogP contribution in [-0.4, -0.2) is 24.3 Å². The van der Waals surface area contributed by atoms with Crippen LogP contribution in [0.15, 0.2) is 80.8 Å². The molecule has 3 aromatic heterocycles. The Balaban J connectivity index is 1.46. The Bertz CT molecular complexity index is 1420. The molecule has 0 aliphatic carbocycles. The Labute approximate surface area is 179 Å². The Morgan fingerprint density at radius 1 is 1.03 bits per heavy atom. The monoisotopic (exact) mass is 461 g/mol. The third-order valence-corrected chi connectivity index (χ3v) is 5.30. The number of nitrogens with zero attached hydrogens (tertiary/aromatic N) is 5. The maximum Gasteiger partial charge on any atom is 0.277 e. The van der Waals surface area contributed by atoms with Crippen molar-refractivity contribution < 1.29 is 4.52 Å². The summed E-state index contributed by atoms with van der Waals surface area (Å²) in [5, 5.41) is 8.55. The summed E-state index contributed by atoms with van der Waals surface area (Å²) in [6.07, 6.45) is 3.42. The number of benzene rings is 2. The molecular formula is C22H16BrN5O2. The molecule has 0 aliphatic heterocycles. The van der Waals surface area contributed by atoms with Gasteiger partial charge in [-0.3, -0.25) is 4.79 Å². The van der Waals surface area contributed by atoms with Crippen LogP contribution in [0.3, 0.4) is 0 Å². The maximum atomic E-state index is 13.0. The van der Waals surface area contributed by atoms with E-state index in [1.807, 2.05) is 55.5 Å². The molecular weight excluding hydrogens is 446 g/mol. The predicted octanol–water partition coefficient (Wildman–Crippen LogP) is 4.33. The van der Waals surface area contributed by atoms with E-state index in [1.54, 1.807) is 23.0 Å². The summed E-state index contributed by atoms with van der Waals surface area (Å²) in [7, 11) is 0. The zero-order chi connectivity index (χ0) is 20.7. The van der Waals surface area contributed by atoms with Crippen LogP contribution < -0.4 is 5.56 Å². The number of hydrogen-bond acceptors (Lipinski definition) is 5. The lowest BCUT2D eigenvalue weighted by Crippen LogP contribution is -2.21. The number of fused-ring (bicyclic) bond motifs is 1. The molecule has 0 N–H and O–H groups in total. The summed E-state index contributed by atoms with van der Waals surface area (Å²) < 4.78 is 9.41. The lowest BCUT2D eigenvalue weighted by Gasteiger charge is -2.02. The van der Waals surface area contributed by atoms with Crippen molar-refractivity contribution in [3.05, 3.63) is 93.3 Å². The van der Waals surface area contributed by atoms with Gasteiger partial charge in [0, 0.05) is 28.0 Å². The molecule has 30 heavy (non-hydrogen) atoms. The van der Waals surface area contributed by atoms with Crippen LogP contribution in [0.4, 0.5) is 0 Å². The molecule has 0 unspecified atom stereocenters. The summed E-state index contributed by atoms with van der Waals surface area (Å²) in [5.41, 5.74) is 4.03. The van der Waals surface area contributed by atoms with Gasteiger partial charge in [0.05, 0.1) is 5.69 Å². The van der Waals surface area contributed by atoms with E-state index in [2.05, 4.69) is 31.2 Å². The van der Waals surface area contributed by atoms with E-state index in [1.165, 1.54) is 10.1 Å². The first-order valence-corrected chi connectivity index (χ1v) is 10.1. The molecule has 2 aromatic carbocycles. The van der Waals surface area contributed by atoms with Gasteiger partial charge in [-0.05, 0) is 25.1 Å². The lowest BCUT2D eigenvalue weighted by molar-refractivity contribution is 0.370. The molecule has 148 valence electrons. The minimum Gasteiger partial charge on any atom is -0.337 e. The van der Waals surface area contributed by atoms with Crippen molar-refractivity contribution in [2.75, 3.05) is 0 Å². The number of hydrogen-bond donors (Lipinski definition) is 0. The van der Waals surface area contributed by atoms with E-state index in [0.29, 0.717) is 17.2 Å². The quantitative estimate of drug-likeness (QED) is 0.397. The zero-order valence-electron chi connectivity index (χ0n) is 16.0. The largest absolute Gasteiger partial charge is 0.337 e. The van der Waals surface area contributed by atoms with Crippen LogP contribution in [0.5, 0.6) is 0 Å². The molecule has 5 aromatic rings. The van der Waals surface area contributed by atoms with Crippen LogP contribution in [0.1, 0.15) is 11.5 Å². The summed E-state index contributed by atoms with van der Waals surface area (Å²) in [6.45, 7) is 2.22. The van der Waals surface area contributed by atoms with Crippen molar-refractivity contribution in [3.63, 3.8) is 0 Å². The third-order valence-electron chi connectivity index (χ3n) is 4.81. The molecule has 0 saturated heterocycles. The highest BCUT2D eigenvalue weighted by atomic mass is 79.9. The molecule has 7 nitrogen and oxygen atoms in total. The van der Waals surface area contributed by atoms with Gasteiger partial charge < -0.3 is 9.09 Å². The molecule has 0 fully saturated rings. The van der Waals surface area contributed by atoms with Crippen LogP contribution in [0, 0.1) is 6.92 Å². The minimum absolute atomic E-state index is 0.175. The van der Waals surface area contributed by atoms with Gasteiger partial charge in [0.25, 0.3) is 5.56 Å². The van der Waals surface area contributed by atoms with Crippen molar-refractivity contribution in [2.24, 2.45) is 0 Å². The Morgan fingerprint density at radius 3 is 2.67 bits per heavy atom. The average molecular weight is 462 g/mol. The summed E-state index contributed by atoms with van der Waals surface area (Å²) in [6, 6.07) is 17.5. The summed E-state index contributed by atoms with van der Waals surface area (Å²) in [5.74, 6) is 0.834. The highest BCUT2D eigenvalue weighted by molar-refractivity contribution is 9.10. The van der Waals surface area contributed by atoms with Crippen molar-refractivity contribution in [1.82, 2.24) is 24.3 Å². The number of aromatic nitrogens is 5. The fourth-order valence-electron chi connectivity index (χ4n) is 3.23. The first-order chi connectivity index (χ1) is 14.6. The van der Waals surface area contributed by atoms with E-state index >= 15 is 0 Å². The molecule has 0 radical (unpaired) electrons. The van der Waals surface area contributed by atoms with Gasteiger partial charge in [0.1, 0.15) is 12.1 Å².